The van der Waals surface area contributed by atoms with Crippen molar-refractivity contribution in [1.82, 2.24) is 29.9 Å². The Hall–Kier alpha value is -4.55. The first-order chi connectivity index (χ1) is 18.3. The van der Waals surface area contributed by atoms with Crippen molar-refractivity contribution >= 4 is 5.78 Å². The van der Waals surface area contributed by atoms with Gasteiger partial charge in [-0.2, -0.15) is 13.2 Å². The third-order valence-electron chi connectivity index (χ3n) is 6.18. The minimum atomic E-state index is -4.58. The molecule has 0 unspecified atom stereocenters. The molecule has 1 saturated carbocycles. The fourth-order valence-corrected chi connectivity index (χ4v) is 4.18. The molecule has 1 N–H and O–H groups in total. The Morgan fingerprint density at radius 3 is 2.61 bits per heavy atom. The summed E-state index contributed by atoms with van der Waals surface area (Å²) >= 11 is 0. The number of benzene rings is 1. The summed E-state index contributed by atoms with van der Waals surface area (Å²) in [6, 6.07) is 4.36. The number of nitrogens with zero attached hydrogens (tertiary/aromatic N) is 5. The van der Waals surface area contributed by atoms with Gasteiger partial charge in [-0.15, -0.1) is 0 Å². The highest BCUT2D eigenvalue weighted by Gasteiger charge is 2.34. The van der Waals surface area contributed by atoms with E-state index in [2.05, 4.69) is 29.9 Å². The van der Waals surface area contributed by atoms with Crippen LogP contribution in [0.1, 0.15) is 46.2 Å². The summed E-state index contributed by atoms with van der Waals surface area (Å²) in [4.78, 5) is 37.5. The molecule has 1 aromatic carbocycles. The van der Waals surface area contributed by atoms with Crippen molar-refractivity contribution in [3.8, 4) is 40.2 Å². The number of carbonyl (C=O) groups is 1. The SMILES string of the molecule is COc1cnc2nc1C(=O)c1ccc(-c3ncc(C(F)(F)F)[nH]3)cc1OCCOc1ncnc(C3CC3)c1-2. The summed E-state index contributed by atoms with van der Waals surface area (Å²) in [5.41, 5.74) is 0.675. The maximum atomic E-state index is 13.7. The first-order valence-corrected chi connectivity index (χ1v) is 11.7. The number of rotatable bonds is 3. The number of carbonyl (C=O) groups excluding carboxylic acids is 1. The minimum Gasteiger partial charge on any atom is -0.493 e. The number of fused-ring (bicyclic) bond motifs is 5. The molecule has 0 spiro atoms. The zero-order valence-electron chi connectivity index (χ0n) is 19.9. The van der Waals surface area contributed by atoms with Crippen molar-refractivity contribution in [1.29, 1.82) is 0 Å². The van der Waals surface area contributed by atoms with E-state index < -0.39 is 17.7 Å². The number of halogens is 3. The summed E-state index contributed by atoms with van der Waals surface area (Å²) in [7, 11) is 1.39. The zero-order valence-corrected chi connectivity index (χ0v) is 19.9. The molecule has 38 heavy (non-hydrogen) atoms. The number of hydrogen-bond acceptors (Lipinski definition) is 9. The highest BCUT2D eigenvalue weighted by Crippen LogP contribution is 2.45. The van der Waals surface area contributed by atoms with Gasteiger partial charge in [0.25, 0.3) is 0 Å². The highest BCUT2D eigenvalue weighted by atomic mass is 19.4. The number of aromatic amines is 1. The molecule has 10 nitrogen and oxygen atoms in total. The molecule has 2 bridgehead atoms. The number of ketones is 1. The number of ether oxygens (including phenoxy) is 3. The lowest BCUT2D eigenvalue weighted by Crippen LogP contribution is -2.16. The lowest BCUT2D eigenvalue weighted by molar-refractivity contribution is -0.140. The second kappa shape index (κ2) is 9.08. The van der Waals surface area contributed by atoms with Gasteiger partial charge in [0.2, 0.25) is 11.7 Å². The molecule has 0 saturated heterocycles. The van der Waals surface area contributed by atoms with Crippen LogP contribution in [-0.4, -0.2) is 56.0 Å². The van der Waals surface area contributed by atoms with Crippen LogP contribution in [0.2, 0.25) is 0 Å². The van der Waals surface area contributed by atoms with E-state index in [1.54, 1.807) is 0 Å². The Bertz CT molecular complexity index is 1550. The largest absolute Gasteiger partial charge is 0.493 e. The van der Waals surface area contributed by atoms with Crippen LogP contribution in [0.25, 0.3) is 22.8 Å². The van der Waals surface area contributed by atoms with Crippen molar-refractivity contribution in [2.45, 2.75) is 24.9 Å². The van der Waals surface area contributed by atoms with Gasteiger partial charge in [0, 0.05) is 11.5 Å². The second-order valence-corrected chi connectivity index (χ2v) is 8.70. The number of H-pyrrole nitrogens is 1. The first kappa shape index (κ1) is 23.8. The fourth-order valence-electron chi connectivity index (χ4n) is 4.18. The van der Waals surface area contributed by atoms with Crippen molar-refractivity contribution in [3.63, 3.8) is 0 Å². The Labute approximate surface area is 213 Å². The van der Waals surface area contributed by atoms with Crippen LogP contribution in [0, 0.1) is 0 Å². The lowest BCUT2D eigenvalue weighted by Gasteiger charge is -2.17. The van der Waals surface area contributed by atoms with Gasteiger partial charge in [0.05, 0.1) is 30.8 Å². The maximum Gasteiger partial charge on any atom is 0.432 e. The summed E-state index contributed by atoms with van der Waals surface area (Å²) in [6.45, 7) is 0.0811. The second-order valence-electron chi connectivity index (χ2n) is 8.70. The number of imidazole rings is 1. The third kappa shape index (κ3) is 4.29. The fraction of sp³-hybridized carbons (Fsp3) is 0.280. The van der Waals surface area contributed by atoms with E-state index in [0.717, 1.165) is 18.5 Å². The predicted octanol–water partition coefficient (Wildman–Crippen LogP) is 4.23. The topological polar surface area (TPSA) is 125 Å². The van der Waals surface area contributed by atoms with E-state index in [1.807, 2.05) is 0 Å². The maximum absolute atomic E-state index is 13.7. The van der Waals surface area contributed by atoms with E-state index in [1.165, 1.54) is 37.8 Å². The van der Waals surface area contributed by atoms with Gasteiger partial charge in [-0.05, 0) is 25.0 Å². The standard InChI is InChI=1S/C25H19F3N6O4/c1-36-16-9-29-23-18-19(12-2-3-12)31-11-32-24(18)38-7-6-37-15-8-13(4-5-14(15)21(35)20(16)34-23)22-30-10-17(33-22)25(26,27)28/h4-5,8-12H,2-3,6-7H2,1H3,(H,30,33). The van der Waals surface area contributed by atoms with Crippen molar-refractivity contribution in [3.05, 3.63) is 59.6 Å². The molecule has 0 atom stereocenters. The van der Waals surface area contributed by atoms with Gasteiger partial charge in [-0.3, -0.25) is 4.79 Å². The normalized spacial score (nSPS) is 15.3. The lowest BCUT2D eigenvalue weighted by atomic mass is 10.0. The van der Waals surface area contributed by atoms with Gasteiger partial charge in [0.1, 0.15) is 42.4 Å². The molecule has 3 aromatic heterocycles. The average molecular weight is 524 g/mol. The molecule has 13 heteroatoms. The Morgan fingerprint density at radius 1 is 1.05 bits per heavy atom. The van der Waals surface area contributed by atoms with E-state index in [4.69, 9.17) is 14.2 Å². The summed E-state index contributed by atoms with van der Waals surface area (Å²) < 4.78 is 56.3. The van der Waals surface area contributed by atoms with Gasteiger partial charge < -0.3 is 19.2 Å². The van der Waals surface area contributed by atoms with Gasteiger partial charge >= 0.3 is 6.18 Å². The van der Waals surface area contributed by atoms with Crippen molar-refractivity contribution in [2.24, 2.45) is 0 Å². The van der Waals surface area contributed by atoms with Gasteiger partial charge in [-0.25, -0.2) is 24.9 Å². The van der Waals surface area contributed by atoms with Crippen LogP contribution in [0.15, 0.2) is 36.9 Å². The quantitative estimate of drug-likeness (QED) is 0.419. The molecule has 194 valence electrons. The number of hydrogen-bond donors (Lipinski definition) is 1. The Balaban J connectivity index is 1.47. The molecular weight excluding hydrogens is 505 g/mol. The number of methoxy groups -OCH3 is 1. The van der Waals surface area contributed by atoms with Crippen LogP contribution in [-0.2, 0) is 6.18 Å². The Kier molecular flexibility index (Phi) is 5.69. The smallest absolute Gasteiger partial charge is 0.432 e. The molecular formula is C25H19F3N6O4. The van der Waals surface area contributed by atoms with E-state index in [0.29, 0.717) is 17.3 Å². The van der Waals surface area contributed by atoms with Crippen molar-refractivity contribution in [2.75, 3.05) is 20.3 Å². The van der Waals surface area contributed by atoms with E-state index in [-0.39, 0.29) is 59.4 Å². The van der Waals surface area contributed by atoms with Crippen LogP contribution in [0.5, 0.6) is 17.4 Å². The van der Waals surface area contributed by atoms with Gasteiger partial charge in [0.15, 0.2) is 17.3 Å². The first-order valence-electron chi connectivity index (χ1n) is 11.7. The van der Waals surface area contributed by atoms with E-state index in [9.17, 15) is 18.0 Å². The van der Waals surface area contributed by atoms with E-state index >= 15 is 0 Å². The zero-order chi connectivity index (χ0) is 26.4. The molecule has 4 aromatic rings. The summed E-state index contributed by atoms with van der Waals surface area (Å²) in [5, 5.41) is 0. The monoisotopic (exact) mass is 524 g/mol. The van der Waals surface area contributed by atoms with Crippen molar-refractivity contribution < 1.29 is 32.2 Å². The molecule has 4 heterocycles. The number of aromatic nitrogens is 6. The van der Waals surface area contributed by atoms with Crippen LogP contribution in [0.4, 0.5) is 13.2 Å². The molecule has 6 rings (SSSR count). The average Bonchev–Trinajstić information content (AvgIpc) is 3.63. The summed E-state index contributed by atoms with van der Waals surface area (Å²) in [6.07, 6.45) is 0.859. The highest BCUT2D eigenvalue weighted by molar-refractivity contribution is 6.11. The van der Waals surface area contributed by atoms with Crippen LogP contribution in [0.3, 0.4) is 0 Å². The molecule has 1 aliphatic heterocycles. The molecule has 1 fully saturated rings. The molecule has 1 aliphatic carbocycles. The molecule has 2 aliphatic rings. The predicted molar refractivity (Wildman–Crippen MR) is 125 cm³/mol. The Morgan fingerprint density at radius 2 is 1.87 bits per heavy atom. The minimum absolute atomic E-state index is 0.0177. The third-order valence-corrected chi connectivity index (χ3v) is 6.18. The van der Waals surface area contributed by atoms with Crippen LogP contribution >= 0.6 is 0 Å². The molecule has 0 radical (unpaired) electrons. The number of alkyl halides is 3. The molecule has 0 amide bonds. The van der Waals surface area contributed by atoms with Crippen LogP contribution < -0.4 is 14.2 Å². The van der Waals surface area contributed by atoms with Gasteiger partial charge in [-0.1, -0.05) is 6.07 Å². The summed E-state index contributed by atoms with van der Waals surface area (Å²) in [5.74, 6) is 0.418. The number of nitrogens with one attached hydrogen (secondary N) is 1.